The Hall–Kier alpha value is -0.830. The molecule has 1 aromatic rings. The average Bonchev–Trinajstić information content (AvgIpc) is 2.32. The topological polar surface area (TPSA) is 46.3 Å². The highest BCUT2D eigenvalue weighted by atomic mass is 16.5. The van der Waals surface area contributed by atoms with Crippen LogP contribution in [0.3, 0.4) is 0 Å². The molecule has 61 valence electrons. The molecule has 0 bridgehead atoms. The van der Waals surface area contributed by atoms with Crippen molar-refractivity contribution >= 4 is 0 Å². The van der Waals surface area contributed by atoms with Crippen LogP contribution in [0, 0.1) is 6.42 Å². The minimum absolute atomic E-state index is 0.491. The molecule has 11 heavy (non-hydrogen) atoms. The van der Waals surface area contributed by atoms with Crippen molar-refractivity contribution in [1.82, 2.24) is 5.16 Å². The van der Waals surface area contributed by atoms with E-state index in [1.54, 1.807) is 19.9 Å². The van der Waals surface area contributed by atoms with Crippen LogP contribution in [-0.2, 0) is 5.60 Å². The van der Waals surface area contributed by atoms with E-state index in [0.717, 1.165) is 5.69 Å². The first kappa shape index (κ1) is 8.27. The molecule has 1 aromatic heterocycles. The second kappa shape index (κ2) is 2.66. The zero-order valence-electron chi connectivity index (χ0n) is 6.96. The minimum atomic E-state index is -0.936. The van der Waals surface area contributed by atoms with Gasteiger partial charge in [0, 0.05) is 12.5 Å². The maximum absolute atomic E-state index is 9.45. The predicted molar refractivity (Wildman–Crippen MR) is 40.8 cm³/mol. The van der Waals surface area contributed by atoms with Gasteiger partial charge >= 0.3 is 0 Å². The summed E-state index contributed by atoms with van der Waals surface area (Å²) in [5.74, 6) is 0.491. The summed E-state index contributed by atoms with van der Waals surface area (Å²) >= 11 is 0. The van der Waals surface area contributed by atoms with Gasteiger partial charge in [0.15, 0.2) is 5.76 Å². The number of hydrogen-bond acceptors (Lipinski definition) is 3. The Bertz CT molecular complexity index is 234. The molecule has 1 rings (SSSR count). The summed E-state index contributed by atoms with van der Waals surface area (Å²) in [6.45, 7) is 5.19. The molecule has 3 nitrogen and oxygen atoms in total. The summed E-state index contributed by atoms with van der Waals surface area (Å²) in [5.41, 5.74) is -0.184. The van der Waals surface area contributed by atoms with Crippen LogP contribution in [0.25, 0.3) is 0 Å². The molecule has 0 amide bonds. The third kappa shape index (κ3) is 1.80. The standard InChI is InChI=1S/C8H12NO2/c1-4-6-5-7(11-9-6)8(2,3)10/h4-5,10H,1-3H3. The summed E-state index contributed by atoms with van der Waals surface area (Å²) in [4.78, 5) is 0. The minimum Gasteiger partial charge on any atom is -0.382 e. The van der Waals surface area contributed by atoms with Crippen molar-refractivity contribution in [2.75, 3.05) is 0 Å². The maximum atomic E-state index is 9.45. The van der Waals surface area contributed by atoms with Crippen LogP contribution in [0.5, 0.6) is 0 Å². The van der Waals surface area contributed by atoms with Gasteiger partial charge in [-0.05, 0) is 13.8 Å². The molecule has 0 spiro atoms. The predicted octanol–water partition coefficient (Wildman–Crippen LogP) is 1.47. The molecule has 0 aliphatic heterocycles. The largest absolute Gasteiger partial charge is 0.382 e. The van der Waals surface area contributed by atoms with Crippen LogP contribution >= 0.6 is 0 Å². The monoisotopic (exact) mass is 154 g/mol. The Labute approximate surface area is 66.0 Å². The lowest BCUT2D eigenvalue weighted by molar-refractivity contribution is 0.0475. The molecule has 0 saturated carbocycles. The molecule has 3 heteroatoms. The molecule has 1 N–H and O–H groups in total. The normalized spacial score (nSPS) is 12.0. The van der Waals surface area contributed by atoms with Gasteiger partial charge in [-0.3, -0.25) is 0 Å². The van der Waals surface area contributed by atoms with Gasteiger partial charge in [0.25, 0.3) is 0 Å². The molecule has 0 fully saturated rings. The average molecular weight is 154 g/mol. The summed E-state index contributed by atoms with van der Waals surface area (Å²) in [5, 5.41) is 13.2. The molecule has 0 aliphatic rings. The molecule has 0 aromatic carbocycles. The summed E-state index contributed by atoms with van der Waals surface area (Å²) in [6, 6.07) is 1.72. The summed E-state index contributed by atoms with van der Waals surface area (Å²) in [6.07, 6.45) is 1.82. The van der Waals surface area contributed by atoms with Crippen LogP contribution in [-0.4, -0.2) is 10.3 Å². The lowest BCUT2D eigenvalue weighted by Crippen LogP contribution is -2.13. The Kier molecular flexibility index (Phi) is 2.00. The Morgan fingerprint density at radius 1 is 1.64 bits per heavy atom. The van der Waals surface area contributed by atoms with Crippen molar-refractivity contribution in [3.63, 3.8) is 0 Å². The van der Waals surface area contributed by atoms with Gasteiger partial charge < -0.3 is 9.63 Å². The number of rotatable bonds is 2. The molecule has 1 heterocycles. The number of aliphatic hydroxyl groups is 1. The molecule has 1 radical (unpaired) electrons. The van der Waals surface area contributed by atoms with Crippen LogP contribution in [0.1, 0.15) is 32.2 Å². The van der Waals surface area contributed by atoms with Crippen molar-refractivity contribution in [1.29, 1.82) is 0 Å². The Morgan fingerprint density at radius 3 is 2.55 bits per heavy atom. The fraction of sp³-hybridized carbons (Fsp3) is 0.500. The first-order valence-corrected chi connectivity index (χ1v) is 3.53. The van der Waals surface area contributed by atoms with Gasteiger partial charge in [0.05, 0.1) is 5.69 Å². The lowest BCUT2D eigenvalue weighted by Gasteiger charge is -2.10. The van der Waals surface area contributed by atoms with Gasteiger partial charge in [0.2, 0.25) is 0 Å². The number of aromatic nitrogens is 1. The SMILES string of the molecule is C[CH]c1cc(C(C)(C)O)on1. The first-order valence-electron chi connectivity index (χ1n) is 3.53. The van der Waals surface area contributed by atoms with Gasteiger partial charge in [-0.25, -0.2) is 0 Å². The fourth-order valence-corrected chi connectivity index (χ4v) is 0.713. The van der Waals surface area contributed by atoms with Crippen molar-refractivity contribution in [3.8, 4) is 0 Å². The van der Waals surface area contributed by atoms with Gasteiger partial charge in [-0.2, -0.15) is 0 Å². The van der Waals surface area contributed by atoms with Crippen LogP contribution in [0.15, 0.2) is 10.6 Å². The molecular weight excluding hydrogens is 142 g/mol. The van der Waals surface area contributed by atoms with E-state index in [0.29, 0.717) is 5.76 Å². The van der Waals surface area contributed by atoms with E-state index in [1.165, 1.54) is 0 Å². The quantitative estimate of drug-likeness (QED) is 0.701. The second-order valence-electron chi connectivity index (χ2n) is 2.96. The van der Waals surface area contributed by atoms with Crippen LogP contribution in [0.4, 0.5) is 0 Å². The van der Waals surface area contributed by atoms with Crippen molar-refractivity contribution < 1.29 is 9.63 Å². The molecular formula is C8H12NO2. The second-order valence-corrected chi connectivity index (χ2v) is 2.96. The zero-order valence-corrected chi connectivity index (χ0v) is 6.96. The van der Waals surface area contributed by atoms with Crippen molar-refractivity contribution in [3.05, 3.63) is 23.9 Å². The molecule has 0 unspecified atom stereocenters. The smallest absolute Gasteiger partial charge is 0.167 e. The van der Waals surface area contributed by atoms with E-state index in [4.69, 9.17) is 4.52 Å². The number of nitrogens with zero attached hydrogens (tertiary/aromatic N) is 1. The summed E-state index contributed by atoms with van der Waals surface area (Å²) < 4.78 is 4.89. The third-order valence-corrected chi connectivity index (χ3v) is 1.43. The van der Waals surface area contributed by atoms with E-state index < -0.39 is 5.60 Å². The van der Waals surface area contributed by atoms with Crippen molar-refractivity contribution in [2.45, 2.75) is 26.4 Å². The third-order valence-electron chi connectivity index (χ3n) is 1.43. The highest BCUT2D eigenvalue weighted by Gasteiger charge is 2.21. The van der Waals surface area contributed by atoms with E-state index in [1.807, 2.05) is 13.3 Å². The first-order chi connectivity index (χ1) is 5.04. The number of hydrogen-bond donors (Lipinski definition) is 1. The molecule has 0 saturated heterocycles. The van der Waals surface area contributed by atoms with Crippen molar-refractivity contribution in [2.24, 2.45) is 0 Å². The van der Waals surface area contributed by atoms with E-state index in [-0.39, 0.29) is 0 Å². The van der Waals surface area contributed by atoms with Gasteiger partial charge in [0.1, 0.15) is 5.60 Å². The molecule has 0 aliphatic carbocycles. The lowest BCUT2D eigenvalue weighted by atomic mass is 10.1. The summed E-state index contributed by atoms with van der Waals surface area (Å²) in [7, 11) is 0. The Balaban J connectivity index is 2.89. The van der Waals surface area contributed by atoms with Crippen LogP contribution < -0.4 is 0 Å². The zero-order chi connectivity index (χ0) is 8.48. The highest BCUT2D eigenvalue weighted by molar-refractivity contribution is 5.15. The van der Waals surface area contributed by atoms with E-state index >= 15 is 0 Å². The Morgan fingerprint density at radius 2 is 2.27 bits per heavy atom. The fourth-order valence-electron chi connectivity index (χ4n) is 0.713. The van der Waals surface area contributed by atoms with Gasteiger partial charge in [-0.15, -0.1) is 0 Å². The highest BCUT2D eigenvalue weighted by Crippen LogP contribution is 2.20. The van der Waals surface area contributed by atoms with Gasteiger partial charge in [-0.1, -0.05) is 12.1 Å². The van der Waals surface area contributed by atoms with Crippen LogP contribution in [0.2, 0.25) is 0 Å². The van der Waals surface area contributed by atoms with E-state index in [2.05, 4.69) is 5.16 Å². The van der Waals surface area contributed by atoms with E-state index in [9.17, 15) is 5.11 Å². The maximum Gasteiger partial charge on any atom is 0.167 e. The molecule has 0 atom stereocenters.